The van der Waals surface area contributed by atoms with E-state index in [1.807, 2.05) is 38.1 Å². The molecule has 4 rings (SSSR count). The highest BCUT2D eigenvalue weighted by molar-refractivity contribution is 5.86. The predicted octanol–water partition coefficient (Wildman–Crippen LogP) is 4.70. The van der Waals surface area contributed by atoms with E-state index < -0.39 is 24.1 Å². The van der Waals surface area contributed by atoms with Gasteiger partial charge >= 0.3 is 12.1 Å². The van der Waals surface area contributed by atoms with E-state index in [0.717, 1.165) is 41.5 Å². The van der Waals surface area contributed by atoms with Gasteiger partial charge in [-0.1, -0.05) is 75.2 Å². The molecule has 1 saturated carbocycles. The number of hydrogen-bond acceptors (Lipinski definition) is 4. The van der Waals surface area contributed by atoms with Gasteiger partial charge in [0.25, 0.3) is 0 Å². The first-order chi connectivity index (χ1) is 16.9. The molecule has 0 saturated heterocycles. The lowest BCUT2D eigenvalue weighted by molar-refractivity contribution is -0.138. The minimum atomic E-state index is -0.938. The highest BCUT2D eigenvalue weighted by Crippen LogP contribution is 2.44. The molecule has 0 aromatic heterocycles. The van der Waals surface area contributed by atoms with Gasteiger partial charge in [-0.15, -0.1) is 0 Å². The summed E-state index contributed by atoms with van der Waals surface area (Å²) in [5.41, 5.74) is 4.54. The smallest absolute Gasteiger partial charge is 0.407 e. The van der Waals surface area contributed by atoms with Crippen LogP contribution in [0, 0.1) is 11.8 Å². The number of carboxylic acid groups (broad SMARTS) is 1. The van der Waals surface area contributed by atoms with E-state index in [2.05, 4.69) is 34.9 Å². The molecule has 0 aliphatic heterocycles. The molecule has 0 radical (unpaired) electrons. The van der Waals surface area contributed by atoms with Crippen molar-refractivity contribution in [2.75, 3.05) is 6.61 Å². The SMILES string of the molecule is CCC(C)[C@H](NC(=O)OCC1c2ccccc2-c2ccccc21)C(=O)NC(CC(=O)O)C1CCC1. The van der Waals surface area contributed by atoms with Gasteiger partial charge in [-0.2, -0.15) is 0 Å². The summed E-state index contributed by atoms with van der Waals surface area (Å²) in [6, 6.07) is 15.0. The fourth-order valence-electron chi connectivity index (χ4n) is 5.11. The minimum absolute atomic E-state index is 0.0670. The van der Waals surface area contributed by atoms with Crippen molar-refractivity contribution in [2.45, 2.75) is 64.0 Å². The Labute approximate surface area is 206 Å². The summed E-state index contributed by atoms with van der Waals surface area (Å²) in [7, 11) is 0. The van der Waals surface area contributed by atoms with Crippen LogP contribution in [0.1, 0.15) is 63.0 Å². The molecule has 1 fully saturated rings. The molecule has 2 aromatic carbocycles. The standard InChI is InChI=1S/C28H34N2O5/c1-3-17(2)26(27(33)29-24(15-25(31)32)18-9-8-10-18)30-28(34)35-16-23-21-13-6-4-11-19(21)20-12-5-7-14-22(20)23/h4-7,11-14,17-18,23-24,26H,3,8-10,15-16H2,1-2H3,(H,29,33)(H,30,34)(H,31,32)/t17?,24?,26-/m0/s1. The molecule has 0 bridgehead atoms. The Morgan fingerprint density at radius 2 is 1.60 bits per heavy atom. The first-order valence-corrected chi connectivity index (χ1v) is 12.5. The number of carboxylic acids is 1. The van der Waals surface area contributed by atoms with Crippen molar-refractivity contribution in [2.24, 2.45) is 11.8 Å². The third-order valence-electron chi connectivity index (χ3n) is 7.55. The molecule has 3 N–H and O–H groups in total. The van der Waals surface area contributed by atoms with E-state index in [-0.39, 0.29) is 36.7 Å². The monoisotopic (exact) mass is 478 g/mol. The molecular weight excluding hydrogens is 444 g/mol. The second-order valence-corrected chi connectivity index (χ2v) is 9.74. The van der Waals surface area contributed by atoms with Gasteiger partial charge in [0.2, 0.25) is 5.91 Å². The van der Waals surface area contributed by atoms with Crippen molar-refractivity contribution in [1.82, 2.24) is 10.6 Å². The van der Waals surface area contributed by atoms with E-state index in [1.54, 1.807) is 0 Å². The number of carbonyl (C=O) groups excluding carboxylic acids is 2. The van der Waals surface area contributed by atoms with Crippen LogP contribution in [-0.2, 0) is 14.3 Å². The Balaban J connectivity index is 1.41. The number of hydrogen-bond donors (Lipinski definition) is 3. The van der Waals surface area contributed by atoms with E-state index in [1.165, 1.54) is 0 Å². The van der Waals surface area contributed by atoms with Gasteiger partial charge in [-0.3, -0.25) is 9.59 Å². The van der Waals surface area contributed by atoms with Crippen LogP contribution in [0.15, 0.2) is 48.5 Å². The molecule has 0 heterocycles. The highest BCUT2D eigenvalue weighted by atomic mass is 16.5. The molecule has 2 aliphatic carbocycles. The minimum Gasteiger partial charge on any atom is -0.481 e. The van der Waals surface area contributed by atoms with E-state index in [9.17, 15) is 19.5 Å². The number of benzene rings is 2. The molecule has 2 amide bonds. The van der Waals surface area contributed by atoms with Gasteiger partial charge in [0, 0.05) is 12.0 Å². The molecule has 7 heteroatoms. The van der Waals surface area contributed by atoms with Crippen LogP contribution in [-0.4, -0.2) is 41.8 Å². The average Bonchev–Trinajstić information content (AvgIpc) is 3.13. The number of carbonyl (C=O) groups is 3. The van der Waals surface area contributed by atoms with Crippen LogP contribution < -0.4 is 10.6 Å². The number of amides is 2. The van der Waals surface area contributed by atoms with E-state index >= 15 is 0 Å². The van der Waals surface area contributed by atoms with Gasteiger partial charge in [-0.25, -0.2) is 4.79 Å². The molecule has 7 nitrogen and oxygen atoms in total. The zero-order valence-electron chi connectivity index (χ0n) is 20.3. The Morgan fingerprint density at radius 3 is 2.11 bits per heavy atom. The number of aliphatic carboxylic acids is 1. The van der Waals surface area contributed by atoms with Crippen LogP contribution >= 0.6 is 0 Å². The number of ether oxygens (including phenoxy) is 1. The second-order valence-electron chi connectivity index (χ2n) is 9.74. The molecule has 0 spiro atoms. The van der Waals surface area contributed by atoms with E-state index in [4.69, 9.17) is 4.74 Å². The predicted molar refractivity (Wildman–Crippen MR) is 133 cm³/mol. The largest absolute Gasteiger partial charge is 0.481 e. The third-order valence-corrected chi connectivity index (χ3v) is 7.55. The third kappa shape index (κ3) is 5.50. The number of nitrogens with one attached hydrogen (secondary N) is 2. The summed E-state index contributed by atoms with van der Waals surface area (Å²) in [6.07, 6.45) is 2.77. The fourth-order valence-corrected chi connectivity index (χ4v) is 5.11. The van der Waals surface area contributed by atoms with Gasteiger partial charge in [0.05, 0.1) is 6.42 Å². The lowest BCUT2D eigenvalue weighted by atomic mass is 9.78. The number of alkyl carbamates (subject to hydrolysis) is 1. The van der Waals surface area contributed by atoms with E-state index in [0.29, 0.717) is 6.42 Å². The highest BCUT2D eigenvalue weighted by Gasteiger charge is 2.34. The van der Waals surface area contributed by atoms with Gasteiger partial charge in [0.15, 0.2) is 0 Å². The van der Waals surface area contributed by atoms with Crippen LogP contribution in [0.5, 0.6) is 0 Å². The zero-order valence-corrected chi connectivity index (χ0v) is 20.3. The normalized spacial score (nSPS) is 17.3. The van der Waals surface area contributed by atoms with Crippen LogP contribution in [0.25, 0.3) is 11.1 Å². The maximum absolute atomic E-state index is 13.1. The lowest BCUT2D eigenvalue weighted by Gasteiger charge is -2.35. The summed E-state index contributed by atoms with van der Waals surface area (Å²) in [5.74, 6) is -1.33. The maximum Gasteiger partial charge on any atom is 0.407 e. The first-order valence-electron chi connectivity index (χ1n) is 12.5. The first kappa shape index (κ1) is 24.8. The van der Waals surface area contributed by atoms with Crippen molar-refractivity contribution in [3.05, 3.63) is 59.7 Å². The summed E-state index contributed by atoms with van der Waals surface area (Å²) >= 11 is 0. The van der Waals surface area contributed by atoms with Crippen molar-refractivity contribution >= 4 is 18.0 Å². The van der Waals surface area contributed by atoms with Crippen LogP contribution in [0.2, 0.25) is 0 Å². The Bertz CT molecular complexity index is 1040. The van der Waals surface area contributed by atoms with Crippen LogP contribution in [0.3, 0.4) is 0 Å². The molecule has 3 atom stereocenters. The number of fused-ring (bicyclic) bond motifs is 3. The molecule has 2 aromatic rings. The summed E-state index contributed by atoms with van der Waals surface area (Å²) in [4.78, 5) is 37.3. The quantitative estimate of drug-likeness (QED) is 0.459. The summed E-state index contributed by atoms with van der Waals surface area (Å²) < 4.78 is 5.64. The summed E-state index contributed by atoms with van der Waals surface area (Å²) in [6.45, 7) is 4.01. The van der Waals surface area contributed by atoms with Crippen molar-refractivity contribution in [1.29, 1.82) is 0 Å². The molecule has 2 aliphatic rings. The zero-order chi connectivity index (χ0) is 24.9. The fraction of sp³-hybridized carbons (Fsp3) is 0.464. The van der Waals surface area contributed by atoms with Crippen LogP contribution in [0.4, 0.5) is 4.79 Å². The Kier molecular flexibility index (Phi) is 7.73. The van der Waals surface area contributed by atoms with Crippen molar-refractivity contribution in [3.8, 4) is 11.1 Å². The second kappa shape index (κ2) is 10.9. The average molecular weight is 479 g/mol. The molecule has 186 valence electrons. The number of rotatable bonds is 10. The molecule has 2 unspecified atom stereocenters. The van der Waals surface area contributed by atoms with Gasteiger partial charge < -0.3 is 20.5 Å². The topological polar surface area (TPSA) is 105 Å². The lowest BCUT2D eigenvalue weighted by Crippen LogP contribution is -2.55. The van der Waals surface area contributed by atoms with Gasteiger partial charge in [0.1, 0.15) is 12.6 Å². The molecular formula is C28H34N2O5. The van der Waals surface area contributed by atoms with Crippen molar-refractivity contribution < 1.29 is 24.2 Å². The van der Waals surface area contributed by atoms with Gasteiger partial charge in [-0.05, 0) is 46.9 Å². The molecule has 35 heavy (non-hydrogen) atoms. The Morgan fingerprint density at radius 1 is 1.00 bits per heavy atom. The van der Waals surface area contributed by atoms with Crippen molar-refractivity contribution in [3.63, 3.8) is 0 Å². The Hall–Kier alpha value is -3.35. The maximum atomic E-state index is 13.1. The summed E-state index contributed by atoms with van der Waals surface area (Å²) in [5, 5.41) is 14.9.